The largest absolute Gasteiger partial charge is 0.353 e. The van der Waals surface area contributed by atoms with Crippen molar-refractivity contribution in [2.24, 2.45) is 0 Å². The molecule has 2 N–H and O–H groups in total. The van der Waals surface area contributed by atoms with Crippen LogP contribution in [0.1, 0.15) is 40.0 Å². The fourth-order valence-electron chi connectivity index (χ4n) is 2.87. The summed E-state index contributed by atoms with van der Waals surface area (Å²) in [5.41, 5.74) is 1.18. The average molecular weight is 374 g/mol. The Morgan fingerprint density at radius 3 is 2.31 bits per heavy atom. The molecular weight excluding hydrogens is 346 g/mol. The average Bonchev–Trinajstić information content (AvgIpc) is 3.10. The third-order valence-corrected chi connectivity index (χ3v) is 5.30. The quantitative estimate of drug-likeness (QED) is 0.710. The summed E-state index contributed by atoms with van der Waals surface area (Å²) in [7, 11) is 0. The van der Waals surface area contributed by atoms with E-state index in [4.69, 9.17) is 0 Å². The van der Waals surface area contributed by atoms with Gasteiger partial charge in [-0.1, -0.05) is 44.2 Å². The van der Waals surface area contributed by atoms with Gasteiger partial charge in [0, 0.05) is 11.4 Å². The molecular formula is C20H27N3O2S. The van der Waals surface area contributed by atoms with Gasteiger partial charge in [-0.3, -0.25) is 14.5 Å². The van der Waals surface area contributed by atoms with E-state index in [-0.39, 0.29) is 24.4 Å². The van der Waals surface area contributed by atoms with Crippen LogP contribution in [0.15, 0.2) is 42.5 Å². The van der Waals surface area contributed by atoms with Crippen molar-refractivity contribution >= 4 is 23.2 Å². The van der Waals surface area contributed by atoms with Gasteiger partial charge in [0.05, 0.1) is 17.5 Å². The molecule has 0 saturated carbocycles. The van der Waals surface area contributed by atoms with Crippen molar-refractivity contribution < 1.29 is 9.59 Å². The maximum absolute atomic E-state index is 12.2. The molecule has 0 fully saturated rings. The van der Waals surface area contributed by atoms with Gasteiger partial charge in [-0.2, -0.15) is 0 Å². The number of benzene rings is 1. The summed E-state index contributed by atoms with van der Waals surface area (Å²) in [6, 6.07) is 14.0. The van der Waals surface area contributed by atoms with Crippen LogP contribution in [-0.2, 0) is 4.79 Å². The maximum Gasteiger partial charge on any atom is 0.261 e. The van der Waals surface area contributed by atoms with E-state index in [9.17, 15) is 9.59 Å². The summed E-state index contributed by atoms with van der Waals surface area (Å²) in [5, 5.41) is 5.63. The molecule has 1 atom stereocenters. The highest BCUT2D eigenvalue weighted by atomic mass is 32.1. The minimum atomic E-state index is -0.207. The molecule has 5 nitrogen and oxygen atoms in total. The minimum Gasteiger partial charge on any atom is -0.353 e. The van der Waals surface area contributed by atoms with Crippen LogP contribution in [0.25, 0.3) is 0 Å². The Bertz CT molecular complexity index is 711. The highest BCUT2D eigenvalue weighted by Gasteiger charge is 2.19. The number of hydrogen-bond donors (Lipinski definition) is 2. The molecule has 1 unspecified atom stereocenters. The van der Waals surface area contributed by atoms with E-state index in [1.54, 1.807) is 6.07 Å². The lowest BCUT2D eigenvalue weighted by molar-refractivity contribution is -0.120. The number of amides is 2. The van der Waals surface area contributed by atoms with Crippen molar-refractivity contribution in [2.75, 3.05) is 26.2 Å². The lowest BCUT2D eigenvalue weighted by atomic mass is 10.1. The first-order valence-electron chi connectivity index (χ1n) is 8.95. The molecule has 0 saturated heterocycles. The van der Waals surface area contributed by atoms with Crippen molar-refractivity contribution in [3.05, 3.63) is 57.8 Å². The fourth-order valence-corrected chi connectivity index (χ4v) is 3.66. The Hall–Kier alpha value is -2.18. The smallest absolute Gasteiger partial charge is 0.261 e. The Balaban J connectivity index is 1.89. The Morgan fingerprint density at radius 2 is 1.73 bits per heavy atom. The molecule has 0 bridgehead atoms. The van der Waals surface area contributed by atoms with Crippen molar-refractivity contribution in [1.82, 2.24) is 15.5 Å². The molecule has 1 aromatic carbocycles. The van der Waals surface area contributed by atoms with E-state index in [1.165, 1.54) is 16.9 Å². The Kier molecular flexibility index (Phi) is 7.81. The van der Waals surface area contributed by atoms with Gasteiger partial charge in [0.1, 0.15) is 0 Å². The van der Waals surface area contributed by atoms with Gasteiger partial charge in [0.25, 0.3) is 5.91 Å². The zero-order valence-corrected chi connectivity index (χ0v) is 16.4. The maximum atomic E-state index is 12.2. The molecule has 1 aromatic heterocycles. The van der Waals surface area contributed by atoms with Gasteiger partial charge in [-0.15, -0.1) is 11.3 Å². The topological polar surface area (TPSA) is 61.4 Å². The van der Waals surface area contributed by atoms with Crippen molar-refractivity contribution in [3.8, 4) is 0 Å². The Morgan fingerprint density at radius 1 is 1.04 bits per heavy atom. The third kappa shape index (κ3) is 5.68. The zero-order valence-electron chi connectivity index (χ0n) is 15.6. The fraction of sp³-hybridized carbons (Fsp3) is 0.400. The van der Waals surface area contributed by atoms with Gasteiger partial charge >= 0.3 is 0 Å². The number of carbonyl (C=O) groups excluding carboxylic acids is 2. The van der Waals surface area contributed by atoms with Crippen molar-refractivity contribution in [3.63, 3.8) is 0 Å². The lowest BCUT2D eigenvalue weighted by Gasteiger charge is -2.30. The highest BCUT2D eigenvalue weighted by Crippen LogP contribution is 2.19. The van der Waals surface area contributed by atoms with E-state index in [0.29, 0.717) is 11.4 Å². The van der Waals surface area contributed by atoms with Crippen molar-refractivity contribution in [1.29, 1.82) is 0 Å². The number of carbonyl (C=O) groups is 2. The standard InChI is InChI=1S/C20H27N3O2S/c1-4-23(5-2)17(16-9-7-6-8-10-16)13-21-19(24)14-22-20(25)18-12-11-15(3)26-18/h6-12,17H,4-5,13-14H2,1-3H3,(H,21,24)(H,22,25). The second-order valence-electron chi connectivity index (χ2n) is 6.04. The SMILES string of the molecule is CCN(CC)C(CNC(=O)CNC(=O)c1ccc(C)s1)c1ccccc1. The second-order valence-corrected chi connectivity index (χ2v) is 7.33. The lowest BCUT2D eigenvalue weighted by Crippen LogP contribution is -2.42. The summed E-state index contributed by atoms with van der Waals surface area (Å²) in [6.07, 6.45) is 0. The van der Waals surface area contributed by atoms with E-state index < -0.39 is 0 Å². The molecule has 2 aromatic rings. The summed E-state index contributed by atoms with van der Waals surface area (Å²) < 4.78 is 0. The highest BCUT2D eigenvalue weighted by molar-refractivity contribution is 7.13. The predicted octanol–water partition coefficient (Wildman–Crippen LogP) is 2.99. The van der Waals surface area contributed by atoms with Crippen LogP contribution in [-0.4, -0.2) is 42.9 Å². The Labute approximate surface area is 159 Å². The van der Waals surface area contributed by atoms with Crippen LogP contribution >= 0.6 is 11.3 Å². The first kappa shape index (κ1) is 20.1. The van der Waals surface area contributed by atoms with E-state index >= 15 is 0 Å². The van der Waals surface area contributed by atoms with E-state index in [1.807, 2.05) is 31.2 Å². The summed E-state index contributed by atoms with van der Waals surface area (Å²) in [4.78, 5) is 28.2. The van der Waals surface area contributed by atoms with Gasteiger partial charge in [-0.05, 0) is 37.7 Å². The van der Waals surface area contributed by atoms with Crippen LogP contribution in [0, 0.1) is 6.92 Å². The summed E-state index contributed by atoms with van der Waals surface area (Å²) in [6.45, 7) is 8.48. The van der Waals surface area contributed by atoms with Crippen LogP contribution in [0.4, 0.5) is 0 Å². The molecule has 2 rings (SSSR count). The number of rotatable bonds is 9. The molecule has 6 heteroatoms. The molecule has 0 radical (unpaired) electrons. The molecule has 26 heavy (non-hydrogen) atoms. The van der Waals surface area contributed by atoms with Crippen LogP contribution < -0.4 is 10.6 Å². The number of nitrogens with one attached hydrogen (secondary N) is 2. The van der Waals surface area contributed by atoms with Gasteiger partial charge in [0.2, 0.25) is 5.91 Å². The molecule has 0 aliphatic rings. The van der Waals surface area contributed by atoms with Gasteiger partial charge < -0.3 is 10.6 Å². The predicted molar refractivity (Wildman–Crippen MR) is 107 cm³/mol. The zero-order chi connectivity index (χ0) is 18.9. The number of nitrogens with zero attached hydrogens (tertiary/aromatic N) is 1. The van der Waals surface area contributed by atoms with E-state index in [0.717, 1.165) is 18.0 Å². The molecule has 1 heterocycles. The molecule has 0 aliphatic carbocycles. The monoisotopic (exact) mass is 373 g/mol. The molecule has 0 aliphatic heterocycles. The van der Waals surface area contributed by atoms with Crippen LogP contribution in [0.2, 0.25) is 0 Å². The normalized spacial score (nSPS) is 12.0. The van der Waals surface area contributed by atoms with Gasteiger partial charge in [-0.25, -0.2) is 0 Å². The van der Waals surface area contributed by atoms with E-state index in [2.05, 4.69) is 41.5 Å². The first-order chi connectivity index (χ1) is 12.5. The summed E-state index contributed by atoms with van der Waals surface area (Å²) in [5.74, 6) is -0.388. The number of likely N-dealkylation sites (N-methyl/N-ethyl adjacent to an activating group) is 1. The molecule has 0 spiro atoms. The van der Waals surface area contributed by atoms with Crippen LogP contribution in [0.3, 0.4) is 0 Å². The molecule has 2 amide bonds. The number of aryl methyl sites for hydroxylation is 1. The van der Waals surface area contributed by atoms with Gasteiger partial charge in [0.15, 0.2) is 0 Å². The summed E-state index contributed by atoms with van der Waals surface area (Å²) >= 11 is 1.42. The van der Waals surface area contributed by atoms with Crippen LogP contribution in [0.5, 0.6) is 0 Å². The number of thiophene rings is 1. The van der Waals surface area contributed by atoms with Crippen molar-refractivity contribution in [2.45, 2.75) is 26.8 Å². The molecule has 140 valence electrons. The minimum absolute atomic E-state index is 0.0183. The second kappa shape index (κ2) is 10.1. The third-order valence-electron chi connectivity index (χ3n) is 4.30. The number of hydrogen-bond acceptors (Lipinski definition) is 4. The first-order valence-corrected chi connectivity index (χ1v) is 9.77.